The Labute approximate surface area is 152 Å². The van der Waals surface area contributed by atoms with Gasteiger partial charge in [-0.3, -0.25) is 9.59 Å². The van der Waals surface area contributed by atoms with Crippen molar-refractivity contribution >= 4 is 23.4 Å². The Balaban J connectivity index is 1.60. The van der Waals surface area contributed by atoms with Gasteiger partial charge in [0.2, 0.25) is 5.91 Å². The van der Waals surface area contributed by atoms with E-state index in [0.717, 1.165) is 5.56 Å². The molecule has 0 aliphatic rings. The first kappa shape index (κ1) is 18.8. The predicted molar refractivity (Wildman–Crippen MR) is 98.1 cm³/mol. The zero-order valence-corrected chi connectivity index (χ0v) is 14.8. The van der Waals surface area contributed by atoms with Crippen LogP contribution in [0.3, 0.4) is 0 Å². The number of hydrogen-bond acceptors (Lipinski definition) is 3. The third kappa shape index (κ3) is 6.47. The van der Waals surface area contributed by atoms with Gasteiger partial charge >= 0.3 is 0 Å². The predicted octanol–water partition coefficient (Wildman–Crippen LogP) is 2.96. The lowest BCUT2D eigenvalue weighted by molar-refractivity contribution is -0.121. The number of carbonyl (C=O) groups is 2. The molecule has 0 bridgehead atoms. The number of ether oxygens (including phenoxy) is 1. The first-order valence-electron chi connectivity index (χ1n) is 8.05. The van der Waals surface area contributed by atoms with E-state index < -0.39 is 0 Å². The fourth-order valence-corrected chi connectivity index (χ4v) is 2.32. The van der Waals surface area contributed by atoms with Crippen molar-refractivity contribution in [2.24, 2.45) is 0 Å². The lowest BCUT2D eigenvalue weighted by Crippen LogP contribution is -2.32. The van der Waals surface area contributed by atoms with Crippen molar-refractivity contribution in [2.45, 2.75) is 13.3 Å². The van der Waals surface area contributed by atoms with Gasteiger partial charge in [0.05, 0.1) is 6.54 Å². The lowest BCUT2D eigenvalue weighted by atomic mass is 10.1. The van der Waals surface area contributed by atoms with Crippen molar-refractivity contribution in [1.29, 1.82) is 0 Å². The van der Waals surface area contributed by atoms with Crippen molar-refractivity contribution < 1.29 is 14.3 Å². The monoisotopic (exact) mass is 360 g/mol. The molecule has 2 aromatic rings. The Hall–Kier alpha value is -2.53. The number of benzene rings is 2. The van der Waals surface area contributed by atoms with Crippen LogP contribution in [0.4, 0.5) is 0 Å². The molecule has 0 saturated carbocycles. The third-order valence-electron chi connectivity index (χ3n) is 3.53. The molecule has 0 fully saturated rings. The molecule has 2 aromatic carbocycles. The van der Waals surface area contributed by atoms with Gasteiger partial charge in [-0.05, 0) is 42.8 Å². The topological polar surface area (TPSA) is 67.4 Å². The van der Waals surface area contributed by atoms with E-state index in [1.54, 1.807) is 30.3 Å². The van der Waals surface area contributed by atoms with Gasteiger partial charge in [-0.1, -0.05) is 29.8 Å². The fraction of sp³-hybridized carbons (Fsp3) is 0.263. The summed E-state index contributed by atoms with van der Waals surface area (Å²) in [4.78, 5) is 23.8. The molecule has 25 heavy (non-hydrogen) atoms. The van der Waals surface area contributed by atoms with Crippen LogP contribution in [0.15, 0.2) is 48.5 Å². The zero-order chi connectivity index (χ0) is 18.1. The summed E-state index contributed by atoms with van der Waals surface area (Å²) in [6.45, 7) is 2.93. The maximum atomic E-state index is 12.0. The van der Waals surface area contributed by atoms with Crippen LogP contribution >= 0.6 is 11.6 Å². The molecule has 2 N–H and O–H groups in total. The zero-order valence-electron chi connectivity index (χ0n) is 14.0. The van der Waals surface area contributed by atoms with Crippen molar-refractivity contribution in [3.05, 3.63) is 64.7 Å². The van der Waals surface area contributed by atoms with Gasteiger partial charge < -0.3 is 15.4 Å². The molecule has 5 nitrogen and oxygen atoms in total. The number of halogens is 1. The first-order valence-corrected chi connectivity index (χ1v) is 8.43. The van der Waals surface area contributed by atoms with Gasteiger partial charge in [0.1, 0.15) is 12.4 Å². The highest BCUT2D eigenvalue weighted by atomic mass is 35.5. The van der Waals surface area contributed by atoms with E-state index in [1.165, 1.54) is 0 Å². The summed E-state index contributed by atoms with van der Waals surface area (Å²) >= 11 is 5.79. The van der Waals surface area contributed by atoms with Gasteiger partial charge in [0, 0.05) is 23.6 Å². The Bertz CT molecular complexity index is 717. The normalized spacial score (nSPS) is 10.2. The van der Waals surface area contributed by atoms with E-state index in [1.807, 2.05) is 25.1 Å². The first-order chi connectivity index (χ1) is 12.1. The minimum Gasteiger partial charge on any atom is -0.492 e. The molecule has 0 radical (unpaired) electrons. The number of aryl methyl sites for hydroxylation is 1. The number of rotatable bonds is 8. The van der Waals surface area contributed by atoms with Crippen molar-refractivity contribution in [3.63, 3.8) is 0 Å². The van der Waals surface area contributed by atoms with Crippen molar-refractivity contribution in [2.75, 3.05) is 19.7 Å². The average Bonchev–Trinajstić information content (AvgIpc) is 2.60. The van der Waals surface area contributed by atoms with Crippen LogP contribution < -0.4 is 15.4 Å². The summed E-state index contributed by atoms with van der Waals surface area (Å²) in [6, 6.07) is 14.4. The standard InChI is InChI=1S/C19H21ClN2O3/c1-14-4-2-3-5-17(14)19(24)22-11-10-18(23)21-12-13-25-16-8-6-15(20)7-9-16/h2-9H,10-13H2,1H3,(H,21,23)(H,22,24). The molecular formula is C19H21ClN2O3. The van der Waals surface area contributed by atoms with Crippen LogP contribution in [-0.4, -0.2) is 31.5 Å². The van der Waals surface area contributed by atoms with Crippen LogP contribution in [-0.2, 0) is 4.79 Å². The van der Waals surface area contributed by atoms with E-state index >= 15 is 0 Å². The Kier molecular flexibility index (Phi) is 7.29. The molecule has 2 rings (SSSR count). The van der Waals surface area contributed by atoms with Crippen LogP contribution in [0.2, 0.25) is 5.02 Å². The van der Waals surface area contributed by atoms with Crippen LogP contribution in [0.1, 0.15) is 22.3 Å². The minimum atomic E-state index is -0.169. The number of carbonyl (C=O) groups excluding carboxylic acids is 2. The fourth-order valence-electron chi connectivity index (χ4n) is 2.19. The maximum Gasteiger partial charge on any atom is 0.251 e. The third-order valence-corrected chi connectivity index (χ3v) is 3.79. The van der Waals surface area contributed by atoms with Gasteiger partial charge in [0.25, 0.3) is 5.91 Å². The van der Waals surface area contributed by atoms with Crippen molar-refractivity contribution in [3.8, 4) is 5.75 Å². The molecule has 0 spiro atoms. The highest BCUT2D eigenvalue weighted by Gasteiger charge is 2.08. The summed E-state index contributed by atoms with van der Waals surface area (Å²) in [6.07, 6.45) is 0.221. The van der Waals surface area contributed by atoms with Gasteiger partial charge in [-0.25, -0.2) is 0 Å². The van der Waals surface area contributed by atoms with E-state index in [4.69, 9.17) is 16.3 Å². The van der Waals surface area contributed by atoms with Gasteiger partial charge in [-0.15, -0.1) is 0 Å². The molecular weight excluding hydrogens is 340 g/mol. The highest BCUT2D eigenvalue weighted by Crippen LogP contribution is 2.15. The number of amides is 2. The molecule has 0 saturated heterocycles. The summed E-state index contributed by atoms with van der Waals surface area (Å²) in [7, 11) is 0. The Morgan fingerprint density at radius 2 is 1.72 bits per heavy atom. The van der Waals surface area contributed by atoms with E-state index in [-0.39, 0.29) is 24.8 Å². The quantitative estimate of drug-likeness (QED) is 0.711. The Morgan fingerprint density at radius 3 is 2.44 bits per heavy atom. The average molecular weight is 361 g/mol. The molecule has 0 aliphatic carbocycles. The van der Waals surface area contributed by atoms with Crippen LogP contribution in [0.5, 0.6) is 5.75 Å². The Morgan fingerprint density at radius 1 is 1.00 bits per heavy atom. The molecule has 0 aliphatic heterocycles. The van der Waals surface area contributed by atoms with E-state index in [2.05, 4.69) is 10.6 Å². The second kappa shape index (κ2) is 9.69. The SMILES string of the molecule is Cc1ccccc1C(=O)NCCC(=O)NCCOc1ccc(Cl)cc1. The van der Waals surface area contributed by atoms with E-state index in [9.17, 15) is 9.59 Å². The molecule has 0 unspecified atom stereocenters. The molecule has 6 heteroatoms. The van der Waals surface area contributed by atoms with Crippen molar-refractivity contribution in [1.82, 2.24) is 10.6 Å². The molecule has 0 heterocycles. The van der Waals surface area contributed by atoms with Gasteiger partial charge in [0.15, 0.2) is 0 Å². The maximum absolute atomic E-state index is 12.0. The smallest absolute Gasteiger partial charge is 0.251 e. The number of hydrogen-bond donors (Lipinski definition) is 2. The summed E-state index contributed by atoms with van der Waals surface area (Å²) < 4.78 is 5.48. The molecule has 0 atom stereocenters. The molecule has 2 amide bonds. The second-order valence-corrected chi connectivity index (χ2v) is 5.91. The second-order valence-electron chi connectivity index (χ2n) is 5.47. The summed E-state index contributed by atoms with van der Waals surface area (Å²) in [5.41, 5.74) is 1.53. The highest BCUT2D eigenvalue weighted by molar-refractivity contribution is 6.30. The largest absolute Gasteiger partial charge is 0.492 e. The van der Waals surface area contributed by atoms with E-state index in [0.29, 0.717) is 29.5 Å². The number of nitrogens with one attached hydrogen (secondary N) is 2. The molecule has 132 valence electrons. The lowest BCUT2D eigenvalue weighted by Gasteiger charge is -2.09. The summed E-state index contributed by atoms with van der Waals surface area (Å²) in [5, 5.41) is 6.14. The summed E-state index contributed by atoms with van der Waals surface area (Å²) in [5.74, 6) is 0.394. The van der Waals surface area contributed by atoms with Gasteiger partial charge in [-0.2, -0.15) is 0 Å². The van der Waals surface area contributed by atoms with Crippen LogP contribution in [0.25, 0.3) is 0 Å². The molecule has 0 aromatic heterocycles. The van der Waals surface area contributed by atoms with Crippen LogP contribution in [0, 0.1) is 6.92 Å². The minimum absolute atomic E-state index is 0.134.